The number of aromatic nitrogens is 2. The Balaban J connectivity index is 1.81. The molecule has 116 valence electrons. The Bertz CT molecular complexity index is 610. The number of carbonyl (C=O) groups excluding carboxylic acids is 2. The molecule has 0 fully saturated rings. The summed E-state index contributed by atoms with van der Waals surface area (Å²) in [5.74, 6) is 0.572. The maximum atomic E-state index is 11.7. The van der Waals surface area contributed by atoms with Crippen LogP contribution in [0.2, 0.25) is 0 Å². The molecule has 0 unspecified atom stereocenters. The number of aromatic amines is 1. The van der Waals surface area contributed by atoms with E-state index in [-0.39, 0.29) is 6.61 Å². The van der Waals surface area contributed by atoms with Crippen LogP contribution in [-0.4, -0.2) is 35.4 Å². The number of esters is 1. The van der Waals surface area contributed by atoms with Crippen molar-refractivity contribution in [3.05, 3.63) is 36.5 Å². The lowest BCUT2D eigenvalue weighted by molar-refractivity contribution is -0.145. The van der Waals surface area contributed by atoms with Gasteiger partial charge in [-0.05, 0) is 31.2 Å². The Kier molecular flexibility index (Phi) is 5.36. The molecular formula is C14H16N4O4. The van der Waals surface area contributed by atoms with Gasteiger partial charge in [0.05, 0.1) is 12.8 Å². The molecular weight excluding hydrogens is 288 g/mol. The predicted molar refractivity (Wildman–Crippen MR) is 79.8 cm³/mol. The molecule has 2 amide bonds. The number of nitrogens with zero attached hydrogens (tertiary/aromatic N) is 1. The maximum absolute atomic E-state index is 11.7. The van der Waals surface area contributed by atoms with Gasteiger partial charge in [-0.15, -0.1) is 0 Å². The van der Waals surface area contributed by atoms with Crippen LogP contribution in [0.15, 0.2) is 36.5 Å². The standard InChI is InChI=1S/C14H16N4O4/c1-2-21-13(19)9-22-11-5-3-10(4-6-11)16-14(20)17-12-7-8-15-18-12/h3-8H,2,9H2,1H3,(H3,15,16,17,18,20). The fourth-order valence-electron chi connectivity index (χ4n) is 1.59. The van der Waals surface area contributed by atoms with E-state index in [0.717, 1.165) is 0 Å². The fraction of sp³-hybridized carbons (Fsp3) is 0.214. The van der Waals surface area contributed by atoms with Crippen molar-refractivity contribution in [1.29, 1.82) is 0 Å². The summed E-state index contributed by atoms with van der Waals surface area (Å²) in [7, 11) is 0. The number of H-pyrrole nitrogens is 1. The number of nitrogens with one attached hydrogen (secondary N) is 3. The molecule has 0 atom stereocenters. The van der Waals surface area contributed by atoms with E-state index in [1.807, 2.05) is 0 Å². The van der Waals surface area contributed by atoms with Gasteiger partial charge in [0, 0.05) is 11.8 Å². The van der Waals surface area contributed by atoms with Gasteiger partial charge in [-0.1, -0.05) is 0 Å². The van der Waals surface area contributed by atoms with Crippen LogP contribution in [0.25, 0.3) is 0 Å². The Labute approximate surface area is 126 Å². The van der Waals surface area contributed by atoms with Crippen LogP contribution in [-0.2, 0) is 9.53 Å². The minimum atomic E-state index is -0.427. The number of hydrogen-bond donors (Lipinski definition) is 3. The van der Waals surface area contributed by atoms with Gasteiger partial charge in [0.15, 0.2) is 6.61 Å². The number of urea groups is 1. The van der Waals surface area contributed by atoms with Gasteiger partial charge in [-0.3, -0.25) is 10.4 Å². The Hall–Kier alpha value is -3.03. The van der Waals surface area contributed by atoms with E-state index in [1.165, 1.54) is 6.20 Å². The van der Waals surface area contributed by atoms with Crippen molar-refractivity contribution in [3.8, 4) is 5.75 Å². The molecule has 0 bridgehead atoms. The molecule has 22 heavy (non-hydrogen) atoms. The highest BCUT2D eigenvalue weighted by molar-refractivity contribution is 5.99. The molecule has 0 radical (unpaired) electrons. The van der Waals surface area contributed by atoms with E-state index in [4.69, 9.17) is 9.47 Å². The average molecular weight is 304 g/mol. The number of hydrogen-bond acceptors (Lipinski definition) is 5. The molecule has 0 aliphatic rings. The molecule has 2 rings (SSSR count). The summed E-state index contributed by atoms with van der Waals surface area (Å²) in [6.07, 6.45) is 1.53. The minimum absolute atomic E-state index is 0.152. The van der Waals surface area contributed by atoms with Gasteiger partial charge in [-0.2, -0.15) is 5.10 Å². The first-order valence-corrected chi connectivity index (χ1v) is 6.63. The van der Waals surface area contributed by atoms with Crippen molar-refractivity contribution >= 4 is 23.5 Å². The van der Waals surface area contributed by atoms with E-state index in [0.29, 0.717) is 23.9 Å². The third-order valence-corrected chi connectivity index (χ3v) is 2.52. The summed E-state index contributed by atoms with van der Waals surface area (Å²) in [6.45, 7) is 1.89. The highest BCUT2D eigenvalue weighted by atomic mass is 16.6. The first-order valence-electron chi connectivity index (χ1n) is 6.63. The highest BCUT2D eigenvalue weighted by Crippen LogP contribution is 2.16. The predicted octanol–water partition coefficient (Wildman–Crippen LogP) is 2.00. The number of ether oxygens (including phenoxy) is 2. The molecule has 1 heterocycles. The maximum Gasteiger partial charge on any atom is 0.344 e. The number of carbonyl (C=O) groups is 2. The van der Waals surface area contributed by atoms with Crippen molar-refractivity contribution in [2.75, 3.05) is 23.8 Å². The molecule has 2 aromatic rings. The van der Waals surface area contributed by atoms with Gasteiger partial charge in [-0.25, -0.2) is 9.59 Å². The molecule has 1 aromatic carbocycles. The third kappa shape index (κ3) is 4.82. The number of rotatable bonds is 6. The van der Waals surface area contributed by atoms with Gasteiger partial charge < -0.3 is 14.8 Å². The van der Waals surface area contributed by atoms with Crippen LogP contribution in [0.5, 0.6) is 5.75 Å². The van der Waals surface area contributed by atoms with E-state index in [2.05, 4.69) is 20.8 Å². The second-order valence-corrected chi connectivity index (χ2v) is 4.17. The smallest absolute Gasteiger partial charge is 0.344 e. The van der Waals surface area contributed by atoms with Crippen LogP contribution in [0.4, 0.5) is 16.3 Å². The molecule has 0 spiro atoms. The Morgan fingerprint density at radius 1 is 1.18 bits per heavy atom. The lowest BCUT2D eigenvalue weighted by atomic mass is 10.3. The molecule has 0 saturated heterocycles. The number of amides is 2. The zero-order valence-corrected chi connectivity index (χ0v) is 12.0. The summed E-state index contributed by atoms with van der Waals surface area (Å²) in [5.41, 5.74) is 0.584. The topological polar surface area (TPSA) is 105 Å². The SMILES string of the molecule is CCOC(=O)COc1ccc(NC(=O)Nc2ccn[nH]2)cc1. The van der Waals surface area contributed by atoms with Gasteiger partial charge in [0.1, 0.15) is 11.6 Å². The molecule has 0 saturated carbocycles. The summed E-state index contributed by atoms with van der Waals surface area (Å²) in [4.78, 5) is 22.8. The largest absolute Gasteiger partial charge is 0.482 e. The first kappa shape index (κ1) is 15.4. The second kappa shape index (κ2) is 7.67. The van der Waals surface area contributed by atoms with Gasteiger partial charge in [0.25, 0.3) is 0 Å². The normalized spacial score (nSPS) is 9.86. The van der Waals surface area contributed by atoms with Crippen LogP contribution < -0.4 is 15.4 Å². The lowest BCUT2D eigenvalue weighted by Crippen LogP contribution is -2.19. The van der Waals surface area contributed by atoms with E-state index >= 15 is 0 Å². The van der Waals surface area contributed by atoms with Crippen LogP contribution in [0.1, 0.15) is 6.92 Å². The van der Waals surface area contributed by atoms with Crippen molar-refractivity contribution in [3.63, 3.8) is 0 Å². The molecule has 3 N–H and O–H groups in total. The molecule has 0 aliphatic heterocycles. The zero-order chi connectivity index (χ0) is 15.8. The van der Waals surface area contributed by atoms with Gasteiger partial charge in [0.2, 0.25) is 0 Å². The monoisotopic (exact) mass is 304 g/mol. The third-order valence-electron chi connectivity index (χ3n) is 2.52. The van der Waals surface area contributed by atoms with Crippen molar-refractivity contribution in [2.24, 2.45) is 0 Å². The Morgan fingerprint density at radius 2 is 1.95 bits per heavy atom. The van der Waals surface area contributed by atoms with Crippen molar-refractivity contribution in [2.45, 2.75) is 6.92 Å². The summed E-state index contributed by atoms with van der Waals surface area (Å²) >= 11 is 0. The number of benzene rings is 1. The average Bonchev–Trinajstić information content (AvgIpc) is 2.99. The Morgan fingerprint density at radius 3 is 2.59 bits per heavy atom. The molecule has 0 aliphatic carbocycles. The molecule has 8 heteroatoms. The number of anilines is 2. The van der Waals surface area contributed by atoms with E-state index in [1.54, 1.807) is 37.3 Å². The molecule has 1 aromatic heterocycles. The van der Waals surface area contributed by atoms with Crippen molar-refractivity contribution < 1.29 is 19.1 Å². The zero-order valence-electron chi connectivity index (χ0n) is 12.0. The van der Waals surface area contributed by atoms with Gasteiger partial charge >= 0.3 is 12.0 Å². The summed E-state index contributed by atoms with van der Waals surface area (Å²) < 4.78 is 10.0. The quantitative estimate of drug-likeness (QED) is 0.708. The van der Waals surface area contributed by atoms with E-state index < -0.39 is 12.0 Å². The molecule has 8 nitrogen and oxygen atoms in total. The minimum Gasteiger partial charge on any atom is -0.482 e. The summed E-state index contributed by atoms with van der Waals surface area (Å²) in [5, 5.41) is 11.6. The van der Waals surface area contributed by atoms with Crippen LogP contribution >= 0.6 is 0 Å². The lowest BCUT2D eigenvalue weighted by Gasteiger charge is -2.08. The summed E-state index contributed by atoms with van der Waals surface area (Å²) in [6, 6.07) is 7.84. The van der Waals surface area contributed by atoms with E-state index in [9.17, 15) is 9.59 Å². The van der Waals surface area contributed by atoms with Crippen molar-refractivity contribution in [1.82, 2.24) is 10.2 Å². The highest BCUT2D eigenvalue weighted by Gasteiger charge is 2.05. The first-order chi connectivity index (χ1) is 10.7. The fourth-order valence-corrected chi connectivity index (χ4v) is 1.59. The second-order valence-electron chi connectivity index (χ2n) is 4.17. The van der Waals surface area contributed by atoms with Crippen LogP contribution in [0, 0.1) is 0 Å². The van der Waals surface area contributed by atoms with Crippen LogP contribution in [0.3, 0.4) is 0 Å².